The molecular formula is C18H20NO. The van der Waals surface area contributed by atoms with Crippen molar-refractivity contribution in [1.82, 2.24) is 4.90 Å². The predicted molar refractivity (Wildman–Crippen MR) is 81.1 cm³/mol. The van der Waals surface area contributed by atoms with E-state index in [1.165, 1.54) is 11.1 Å². The lowest BCUT2D eigenvalue weighted by molar-refractivity contribution is -0.0485. The molecule has 0 spiro atoms. The topological polar surface area (TPSA) is 12.5 Å². The summed E-state index contributed by atoms with van der Waals surface area (Å²) < 4.78 is 5.76. The van der Waals surface area contributed by atoms with Crippen molar-refractivity contribution < 1.29 is 4.74 Å². The Morgan fingerprint density at radius 3 is 2.35 bits per heavy atom. The van der Waals surface area contributed by atoms with Gasteiger partial charge in [-0.2, -0.15) is 0 Å². The second-order valence-corrected chi connectivity index (χ2v) is 5.30. The molecule has 2 atom stereocenters. The number of ether oxygens (including phenoxy) is 1. The zero-order valence-corrected chi connectivity index (χ0v) is 11.6. The first-order valence-electron chi connectivity index (χ1n) is 7.10. The van der Waals surface area contributed by atoms with E-state index in [1.807, 2.05) is 0 Å². The molecule has 2 aromatic rings. The number of nitrogens with zero attached hydrogens (tertiary/aromatic N) is 1. The minimum absolute atomic E-state index is 0.0543. The van der Waals surface area contributed by atoms with Crippen molar-refractivity contribution in [3.05, 3.63) is 78.7 Å². The third-order valence-electron chi connectivity index (χ3n) is 3.78. The summed E-state index contributed by atoms with van der Waals surface area (Å²) in [7, 11) is 0. The number of hydrogen-bond acceptors (Lipinski definition) is 2. The maximum Gasteiger partial charge on any atom is 0.0704 e. The first-order chi connectivity index (χ1) is 9.83. The normalized spacial score (nSPS) is 23.6. The Kier molecular flexibility index (Phi) is 4.14. The van der Waals surface area contributed by atoms with E-state index in [1.54, 1.807) is 0 Å². The third-order valence-corrected chi connectivity index (χ3v) is 3.78. The lowest BCUT2D eigenvalue weighted by Crippen LogP contribution is -2.43. The second kappa shape index (κ2) is 6.21. The van der Waals surface area contributed by atoms with Gasteiger partial charge in [0.25, 0.3) is 0 Å². The van der Waals surface area contributed by atoms with Crippen molar-refractivity contribution >= 4 is 0 Å². The van der Waals surface area contributed by atoms with Gasteiger partial charge in [-0.15, -0.1) is 0 Å². The summed E-state index contributed by atoms with van der Waals surface area (Å²) >= 11 is 0. The average Bonchev–Trinajstić information content (AvgIpc) is 2.49. The summed E-state index contributed by atoms with van der Waals surface area (Å²) in [5, 5.41) is 0. The first-order valence-corrected chi connectivity index (χ1v) is 7.10. The smallest absolute Gasteiger partial charge is 0.0704 e. The van der Waals surface area contributed by atoms with E-state index in [2.05, 4.69) is 72.5 Å². The standard InChI is InChI=1S/C18H20NO/c1-15-12-19(13-16-8-4-2-5-9-16)18(14-20-15)17-10-6-3-7-11-17/h2-11,15,18H,1,12-14H2/t15-,18+/m0/s1. The van der Waals surface area contributed by atoms with Crippen molar-refractivity contribution in [2.24, 2.45) is 0 Å². The number of morpholine rings is 1. The van der Waals surface area contributed by atoms with Crippen molar-refractivity contribution in [2.75, 3.05) is 13.2 Å². The molecule has 1 aliphatic rings. The molecule has 1 heterocycles. The van der Waals surface area contributed by atoms with Crippen LogP contribution in [0.5, 0.6) is 0 Å². The monoisotopic (exact) mass is 266 g/mol. The fourth-order valence-electron chi connectivity index (χ4n) is 2.75. The molecular weight excluding hydrogens is 246 g/mol. The number of rotatable bonds is 3. The lowest BCUT2D eigenvalue weighted by atomic mass is 10.0. The molecule has 0 amide bonds. The fraction of sp³-hybridized carbons (Fsp3) is 0.278. The molecule has 0 aliphatic carbocycles. The zero-order chi connectivity index (χ0) is 13.8. The van der Waals surface area contributed by atoms with E-state index < -0.39 is 0 Å². The van der Waals surface area contributed by atoms with Crippen LogP contribution in [0.4, 0.5) is 0 Å². The maximum absolute atomic E-state index is 5.76. The highest BCUT2D eigenvalue weighted by molar-refractivity contribution is 5.21. The molecule has 0 bridgehead atoms. The Morgan fingerprint density at radius 1 is 1.00 bits per heavy atom. The van der Waals surface area contributed by atoms with Gasteiger partial charge in [0.1, 0.15) is 0 Å². The molecule has 2 nitrogen and oxygen atoms in total. The van der Waals surface area contributed by atoms with Crippen molar-refractivity contribution in [1.29, 1.82) is 0 Å². The quantitative estimate of drug-likeness (QED) is 0.843. The van der Waals surface area contributed by atoms with Gasteiger partial charge in [0, 0.05) is 13.1 Å². The average molecular weight is 266 g/mol. The van der Waals surface area contributed by atoms with E-state index in [0.29, 0.717) is 12.6 Å². The molecule has 1 saturated heterocycles. The third kappa shape index (κ3) is 3.09. The lowest BCUT2D eigenvalue weighted by Gasteiger charge is -2.39. The Hall–Kier alpha value is -1.64. The van der Waals surface area contributed by atoms with Crippen molar-refractivity contribution in [2.45, 2.75) is 18.7 Å². The van der Waals surface area contributed by atoms with Crippen LogP contribution in [-0.4, -0.2) is 24.2 Å². The highest BCUT2D eigenvalue weighted by Crippen LogP contribution is 2.27. The van der Waals surface area contributed by atoms with E-state index in [9.17, 15) is 0 Å². The van der Waals surface area contributed by atoms with Gasteiger partial charge in [0.15, 0.2) is 0 Å². The van der Waals surface area contributed by atoms with Crippen LogP contribution in [0, 0.1) is 6.92 Å². The van der Waals surface area contributed by atoms with E-state index in [-0.39, 0.29) is 6.10 Å². The summed E-state index contributed by atoms with van der Waals surface area (Å²) in [5.41, 5.74) is 2.65. The minimum Gasteiger partial charge on any atom is -0.375 e. The first kappa shape index (κ1) is 13.3. The molecule has 1 aliphatic heterocycles. The fourth-order valence-corrected chi connectivity index (χ4v) is 2.75. The van der Waals surface area contributed by atoms with Gasteiger partial charge < -0.3 is 4.74 Å². The van der Waals surface area contributed by atoms with Gasteiger partial charge in [-0.05, 0) is 18.1 Å². The Balaban J connectivity index is 1.80. The molecule has 0 aromatic heterocycles. The highest BCUT2D eigenvalue weighted by Gasteiger charge is 2.27. The van der Waals surface area contributed by atoms with Crippen LogP contribution >= 0.6 is 0 Å². The molecule has 2 aromatic carbocycles. The Labute approximate surface area is 121 Å². The Morgan fingerprint density at radius 2 is 1.65 bits per heavy atom. The maximum atomic E-state index is 5.76. The zero-order valence-electron chi connectivity index (χ0n) is 11.6. The molecule has 0 unspecified atom stereocenters. The summed E-state index contributed by atoms with van der Waals surface area (Å²) in [6.45, 7) is 6.58. The predicted octanol–water partition coefficient (Wildman–Crippen LogP) is 3.46. The van der Waals surface area contributed by atoms with Crippen LogP contribution in [0.25, 0.3) is 0 Å². The molecule has 1 fully saturated rings. The van der Waals surface area contributed by atoms with E-state index >= 15 is 0 Å². The SMILES string of the molecule is [CH2][C@H]1CN(Cc2ccccc2)[C@@H](c2ccccc2)CO1. The van der Waals surface area contributed by atoms with E-state index in [0.717, 1.165) is 13.1 Å². The molecule has 20 heavy (non-hydrogen) atoms. The second-order valence-electron chi connectivity index (χ2n) is 5.30. The number of hydrogen-bond donors (Lipinski definition) is 0. The molecule has 103 valence electrons. The van der Waals surface area contributed by atoms with Gasteiger partial charge in [0.05, 0.1) is 18.8 Å². The molecule has 3 rings (SSSR count). The Bertz CT molecular complexity index is 526. The summed E-state index contributed by atoms with van der Waals surface area (Å²) in [5.74, 6) is 0. The summed E-state index contributed by atoms with van der Waals surface area (Å²) in [6, 6.07) is 21.5. The van der Waals surface area contributed by atoms with Crippen LogP contribution < -0.4 is 0 Å². The van der Waals surface area contributed by atoms with Crippen LogP contribution in [0.3, 0.4) is 0 Å². The van der Waals surface area contributed by atoms with Gasteiger partial charge >= 0.3 is 0 Å². The number of benzene rings is 2. The van der Waals surface area contributed by atoms with Gasteiger partial charge in [-0.25, -0.2) is 0 Å². The van der Waals surface area contributed by atoms with Crippen LogP contribution in [0.1, 0.15) is 17.2 Å². The molecule has 2 heteroatoms. The van der Waals surface area contributed by atoms with Crippen molar-refractivity contribution in [3.63, 3.8) is 0 Å². The van der Waals surface area contributed by atoms with Gasteiger partial charge in [-0.3, -0.25) is 4.90 Å². The highest BCUT2D eigenvalue weighted by atomic mass is 16.5. The largest absolute Gasteiger partial charge is 0.375 e. The summed E-state index contributed by atoms with van der Waals surface area (Å²) in [4.78, 5) is 2.46. The molecule has 0 N–H and O–H groups in total. The van der Waals surface area contributed by atoms with Crippen LogP contribution in [0.15, 0.2) is 60.7 Å². The van der Waals surface area contributed by atoms with Gasteiger partial charge in [-0.1, -0.05) is 60.7 Å². The summed E-state index contributed by atoms with van der Waals surface area (Å²) in [6.07, 6.45) is 0.0543. The minimum atomic E-state index is 0.0543. The van der Waals surface area contributed by atoms with Gasteiger partial charge in [0.2, 0.25) is 0 Å². The molecule has 1 radical (unpaired) electrons. The molecule has 0 saturated carbocycles. The van der Waals surface area contributed by atoms with Crippen LogP contribution in [-0.2, 0) is 11.3 Å². The van der Waals surface area contributed by atoms with Crippen molar-refractivity contribution in [3.8, 4) is 0 Å². The van der Waals surface area contributed by atoms with E-state index in [4.69, 9.17) is 4.74 Å². The van der Waals surface area contributed by atoms with Crippen LogP contribution in [0.2, 0.25) is 0 Å².